The number of nitrogens with two attached hydrogens (primary N) is 1. The van der Waals surface area contributed by atoms with E-state index < -0.39 is 0 Å². The third-order valence-corrected chi connectivity index (χ3v) is 4.64. The molecule has 0 aromatic heterocycles. The second-order valence-electron chi connectivity index (χ2n) is 6.08. The van der Waals surface area contributed by atoms with Crippen LogP contribution in [0.15, 0.2) is 18.2 Å². The van der Waals surface area contributed by atoms with Crippen LogP contribution in [-0.4, -0.2) is 19.0 Å². The Kier molecular flexibility index (Phi) is 3.31. The van der Waals surface area contributed by atoms with Crippen LogP contribution in [0.5, 0.6) is 0 Å². The highest BCUT2D eigenvalue weighted by Gasteiger charge is 2.24. The van der Waals surface area contributed by atoms with Crippen LogP contribution in [-0.2, 0) is 17.6 Å². The number of hydrogen-bond donors (Lipinski definition) is 1. The number of hydrogen-bond acceptors (Lipinski definition) is 2. The van der Waals surface area contributed by atoms with Gasteiger partial charge in [0.1, 0.15) is 0 Å². The summed E-state index contributed by atoms with van der Waals surface area (Å²) >= 11 is 0. The Labute approximate surface area is 114 Å². The lowest BCUT2D eigenvalue weighted by atomic mass is 9.82. The summed E-state index contributed by atoms with van der Waals surface area (Å²) in [4.78, 5) is 13.4. The summed E-state index contributed by atoms with van der Waals surface area (Å²) in [6, 6.07) is 6.93. The zero-order valence-corrected chi connectivity index (χ0v) is 11.6. The quantitative estimate of drug-likeness (QED) is 0.884. The van der Waals surface area contributed by atoms with Gasteiger partial charge in [0.2, 0.25) is 5.91 Å². The fourth-order valence-electron chi connectivity index (χ4n) is 3.38. The zero-order chi connectivity index (χ0) is 13.4. The molecule has 3 rings (SSSR count). The van der Waals surface area contributed by atoms with E-state index in [0.717, 1.165) is 30.9 Å². The Hall–Kier alpha value is -1.35. The summed E-state index contributed by atoms with van der Waals surface area (Å²) < 4.78 is 0. The SMILES string of the molecule is CN1C(=O)Cc2cc(CC3CCC(N)CC3)ccc21. The van der Waals surface area contributed by atoms with Crippen molar-refractivity contribution in [2.24, 2.45) is 11.7 Å². The van der Waals surface area contributed by atoms with Gasteiger partial charge in [-0.3, -0.25) is 4.79 Å². The number of likely N-dealkylation sites (N-methyl/N-ethyl adjacent to an activating group) is 1. The Morgan fingerprint density at radius 3 is 2.74 bits per heavy atom. The van der Waals surface area contributed by atoms with E-state index in [4.69, 9.17) is 5.73 Å². The van der Waals surface area contributed by atoms with Crippen LogP contribution in [0, 0.1) is 5.92 Å². The number of carbonyl (C=O) groups excluding carboxylic acids is 1. The first-order valence-electron chi connectivity index (χ1n) is 7.27. The molecule has 2 aliphatic rings. The zero-order valence-electron chi connectivity index (χ0n) is 11.6. The van der Waals surface area contributed by atoms with E-state index in [9.17, 15) is 4.79 Å². The summed E-state index contributed by atoms with van der Waals surface area (Å²) in [5, 5.41) is 0. The van der Waals surface area contributed by atoms with Crippen molar-refractivity contribution in [3.8, 4) is 0 Å². The average Bonchev–Trinajstić information content (AvgIpc) is 2.68. The maximum Gasteiger partial charge on any atom is 0.231 e. The van der Waals surface area contributed by atoms with Crippen LogP contribution in [0.25, 0.3) is 0 Å². The van der Waals surface area contributed by atoms with E-state index in [-0.39, 0.29) is 5.91 Å². The summed E-state index contributed by atoms with van der Waals surface area (Å²) in [5.74, 6) is 0.975. The fraction of sp³-hybridized carbons (Fsp3) is 0.562. The molecule has 102 valence electrons. The van der Waals surface area contributed by atoms with Crippen molar-refractivity contribution in [2.45, 2.75) is 44.6 Å². The summed E-state index contributed by atoms with van der Waals surface area (Å²) in [6.07, 6.45) is 6.52. The number of rotatable bonds is 2. The number of carbonyl (C=O) groups is 1. The van der Waals surface area contributed by atoms with Crippen LogP contribution in [0.2, 0.25) is 0 Å². The van der Waals surface area contributed by atoms with Gasteiger partial charge in [-0.25, -0.2) is 0 Å². The highest BCUT2D eigenvalue weighted by atomic mass is 16.2. The minimum absolute atomic E-state index is 0.204. The average molecular weight is 258 g/mol. The van der Waals surface area contributed by atoms with Gasteiger partial charge in [-0.15, -0.1) is 0 Å². The molecular formula is C16H22N2O. The molecule has 0 bridgehead atoms. The van der Waals surface area contributed by atoms with E-state index in [1.807, 2.05) is 7.05 Å². The molecule has 2 N–H and O–H groups in total. The molecule has 1 saturated carbocycles. The Morgan fingerprint density at radius 2 is 2.00 bits per heavy atom. The minimum atomic E-state index is 0.204. The van der Waals surface area contributed by atoms with E-state index in [1.165, 1.54) is 24.0 Å². The predicted octanol–water partition coefficient (Wildman–Crippen LogP) is 2.27. The van der Waals surface area contributed by atoms with Crippen molar-refractivity contribution in [1.29, 1.82) is 0 Å². The van der Waals surface area contributed by atoms with E-state index >= 15 is 0 Å². The van der Waals surface area contributed by atoms with E-state index in [1.54, 1.807) is 4.90 Å². The highest BCUT2D eigenvalue weighted by molar-refractivity contribution is 6.00. The minimum Gasteiger partial charge on any atom is -0.328 e. The fourth-order valence-corrected chi connectivity index (χ4v) is 3.38. The first-order valence-corrected chi connectivity index (χ1v) is 7.27. The number of anilines is 1. The lowest BCUT2D eigenvalue weighted by Gasteiger charge is -2.26. The van der Waals surface area contributed by atoms with Crippen molar-refractivity contribution in [2.75, 3.05) is 11.9 Å². The summed E-state index contributed by atoms with van der Waals surface area (Å²) in [6.45, 7) is 0. The van der Waals surface area contributed by atoms with E-state index in [2.05, 4.69) is 18.2 Å². The van der Waals surface area contributed by atoms with Crippen molar-refractivity contribution in [3.05, 3.63) is 29.3 Å². The lowest BCUT2D eigenvalue weighted by molar-refractivity contribution is -0.117. The molecule has 19 heavy (non-hydrogen) atoms. The molecule has 1 aliphatic carbocycles. The molecule has 0 saturated heterocycles. The molecule has 1 amide bonds. The van der Waals surface area contributed by atoms with Gasteiger partial charge in [0, 0.05) is 18.8 Å². The molecule has 0 radical (unpaired) electrons. The number of nitrogens with zero attached hydrogens (tertiary/aromatic N) is 1. The number of amides is 1. The molecule has 0 atom stereocenters. The molecular weight excluding hydrogens is 236 g/mol. The van der Waals surface area contributed by atoms with Gasteiger partial charge in [0.05, 0.1) is 6.42 Å². The van der Waals surface area contributed by atoms with Gasteiger partial charge < -0.3 is 10.6 Å². The molecule has 1 aliphatic heterocycles. The predicted molar refractivity (Wildman–Crippen MR) is 77.2 cm³/mol. The van der Waals surface area contributed by atoms with Crippen molar-refractivity contribution in [1.82, 2.24) is 0 Å². The van der Waals surface area contributed by atoms with Gasteiger partial charge in [-0.2, -0.15) is 0 Å². The molecule has 1 fully saturated rings. The smallest absolute Gasteiger partial charge is 0.231 e. The second kappa shape index (κ2) is 4.97. The topological polar surface area (TPSA) is 46.3 Å². The van der Waals surface area contributed by atoms with Crippen molar-refractivity contribution < 1.29 is 4.79 Å². The number of fused-ring (bicyclic) bond motifs is 1. The third-order valence-electron chi connectivity index (χ3n) is 4.64. The molecule has 1 heterocycles. The van der Waals surface area contributed by atoms with Crippen LogP contribution in [0.4, 0.5) is 5.69 Å². The van der Waals surface area contributed by atoms with Gasteiger partial charge in [0.15, 0.2) is 0 Å². The lowest BCUT2D eigenvalue weighted by Crippen LogP contribution is -2.27. The van der Waals surface area contributed by atoms with Gasteiger partial charge in [-0.05, 0) is 55.2 Å². The number of benzene rings is 1. The maximum atomic E-state index is 11.7. The highest BCUT2D eigenvalue weighted by Crippen LogP contribution is 2.31. The molecule has 1 aromatic carbocycles. The van der Waals surface area contributed by atoms with Gasteiger partial charge in [-0.1, -0.05) is 12.1 Å². The van der Waals surface area contributed by atoms with E-state index in [0.29, 0.717) is 12.5 Å². The molecule has 1 aromatic rings. The maximum absolute atomic E-state index is 11.7. The third kappa shape index (κ3) is 2.52. The molecule has 3 heteroatoms. The Morgan fingerprint density at radius 1 is 1.26 bits per heavy atom. The van der Waals surface area contributed by atoms with Crippen LogP contribution in [0.1, 0.15) is 36.8 Å². The van der Waals surface area contributed by atoms with Gasteiger partial charge in [0.25, 0.3) is 0 Å². The molecule has 3 nitrogen and oxygen atoms in total. The summed E-state index contributed by atoms with van der Waals surface area (Å²) in [7, 11) is 1.86. The van der Waals surface area contributed by atoms with Crippen molar-refractivity contribution >= 4 is 11.6 Å². The summed E-state index contributed by atoms with van der Waals surface area (Å²) in [5.41, 5.74) is 9.60. The standard InChI is InChI=1S/C16H22N2O/c1-18-15-7-4-12(9-13(15)10-16(18)19)8-11-2-5-14(17)6-3-11/h4,7,9,11,14H,2-3,5-6,8,10,17H2,1H3. The normalized spacial score (nSPS) is 26.6. The molecule has 0 unspecified atom stereocenters. The largest absolute Gasteiger partial charge is 0.328 e. The molecule has 0 spiro atoms. The second-order valence-corrected chi connectivity index (χ2v) is 6.08. The van der Waals surface area contributed by atoms with Crippen LogP contribution < -0.4 is 10.6 Å². The van der Waals surface area contributed by atoms with Crippen LogP contribution in [0.3, 0.4) is 0 Å². The Bertz CT molecular complexity index is 490. The Balaban J connectivity index is 1.70. The van der Waals surface area contributed by atoms with Gasteiger partial charge >= 0.3 is 0 Å². The van der Waals surface area contributed by atoms with Crippen LogP contribution >= 0.6 is 0 Å². The monoisotopic (exact) mass is 258 g/mol. The first kappa shape index (κ1) is 12.7. The van der Waals surface area contributed by atoms with Crippen molar-refractivity contribution in [3.63, 3.8) is 0 Å². The first-order chi connectivity index (χ1) is 9.13.